The molecule has 2 N–H and O–H groups in total. The predicted molar refractivity (Wildman–Crippen MR) is 56.1 cm³/mol. The number of nitrogen functional groups attached to an aromatic ring is 1. The summed E-state index contributed by atoms with van der Waals surface area (Å²) in [5, 5.41) is 8.36. The molecule has 0 aliphatic heterocycles. The van der Waals surface area contributed by atoms with E-state index in [2.05, 4.69) is 15.2 Å². The van der Waals surface area contributed by atoms with E-state index in [0.29, 0.717) is 12.2 Å². The van der Waals surface area contributed by atoms with Gasteiger partial charge in [-0.25, -0.2) is 4.98 Å². The van der Waals surface area contributed by atoms with Gasteiger partial charge in [0.2, 0.25) is 0 Å². The zero-order chi connectivity index (χ0) is 10.8. The fourth-order valence-electron chi connectivity index (χ4n) is 1.37. The Labute approximate surface area is 87.7 Å². The molecule has 15 heavy (non-hydrogen) atoms. The van der Waals surface area contributed by atoms with E-state index in [1.165, 1.54) is 0 Å². The average molecular weight is 206 g/mol. The summed E-state index contributed by atoms with van der Waals surface area (Å²) in [6.45, 7) is 2.63. The monoisotopic (exact) mass is 206 g/mol. The van der Waals surface area contributed by atoms with Gasteiger partial charge in [-0.3, -0.25) is 9.36 Å². The van der Waals surface area contributed by atoms with Gasteiger partial charge in [-0.1, -0.05) is 6.92 Å². The van der Waals surface area contributed by atoms with Gasteiger partial charge in [0, 0.05) is 19.7 Å². The molecule has 80 valence electrons. The number of hydrogen-bond donors (Lipinski definition) is 1. The second-order valence-corrected chi connectivity index (χ2v) is 3.39. The van der Waals surface area contributed by atoms with Crippen LogP contribution >= 0.6 is 0 Å². The quantitative estimate of drug-likeness (QED) is 0.778. The first-order valence-corrected chi connectivity index (χ1v) is 4.85. The molecular weight excluding hydrogens is 192 g/mol. The molecule has 2 aromatic heterocycles. The Morgan fingerprint density at radius 3 is 2.80 bits per heavy atom. The van der Waals surface area contributed by atoms with Crippen LogP contribution in [0.3, 0.4) is 0 Å². The molecule has 2 rings (SSSR count). The fraction of sp³-hybridized carbons (Fsp3) is 0.444. The van der Waals surface area contributed by atoms with Gasteiger partial charge in [0.05, 0.1) is 11.9 Å². The van der Waals surface area contributed by atoms with E-state index < -0.39 is 0 Å². The number of rotatable bonds is 3. The highest BCUT2D eigenvalue weighted by molar-refractivity contribution is 5.30. The minimum absolute atomic E-state index is 0.598. The van der Waals surface area contributed by atoms with Crippen LogP contribution in [0.1, 0.15) is 18.6 Å². The maximum Gasteiger partial charge on any atom is 0.150 e. The first kappa shape index (κ1) is 9.70. The smallest absolute Gasteiger partial charge is 0.150 e. The lowest BCUT2D eigenvalue weighted by atomic mass is 10.5. The van der Waals surface area contributed by atoms with Crippen molar-refractivity contribution in [1.82, 2.24) is 24.5 Å². The maximum atomic E-state index is 5.58. The molecule has 0 saturated heterocycles. The van der Waals surface area contributed by atoms with E-state index in [0.717, 1.165) is 18.1 Å². The SMILES string of the molecule is CCc1nc(Cn2cc(N)cn2)n(C)n1. The van der Waals surface area contributed by atoms with Crippen LogP contribution in [0.4, 0.5) is 5.69 Å². The van der Waals surface area contributed by atoms with Crippen LogP contribution < -0.4 is 5.73 Å². The molecule has 0 aromatic carbocycles. The molecule has 0 amide bonds. The van der Waals surface area contributed by atoms with Crippen LogP contribution in [0.25, 0.3) is 0 Å². The average Bonchev–Trinajstić information content (AvgIpc) is 2.75. The molecule has 0 spiro atoms. The predicted octanol–water partition coefficient (Wildman–Crippen LogP) is 0.204. The molecule has 0 radical (unpaired) electrons. The van der Waals surface area contributed by atoms with Crippen LogP contribution in [0, 0.1) is 0 Å². The van der Waals surface area contributed by atoms with Gasteiger partial charge >= 0.3 is 0 Å². The molecule has 2 heterocycles. The third-order valence-electron chi connectivity index (χ3n) is 2.17. The lowest BCUT2D eigenvalue weighted by Gasteiger charge is -1.99. The summed E-state index contributed by atoms with van der Waals surface area (Å²) in [6, 6.07) is 0. The summed E-state index contributed by atoms with van der Waals surface area (Å²) in [7, 11) is 1.88. The first-order valence-electron chi connectivity index (χ1n) is 4.85. The molecule has 6 heteroatoms. The van der Waals surface area contributed by atoms with Gasteiger partial charge < -0.3 is 5.73 Å². The Balaban J connectivity index is 2.20. The van der Waals surface area contributed by atoms with Gasteiger partial charge in [-0.05, 0) is 0 Å². The molecule has 0 unspecified atom stereocenters. The second-order valence-electron chi connectivity index (χ2n) is 3.39. The van der Waals surface area contributed by atoms with E-state index in [9.17, 15) is 0 Å². The van der Waals surface area contributed by atoms with Crippen molar-refractivity contribution in [1.29, 1.82) is 0 Å². The molecule has 6 nitrogen and oxygen atoms in total. The fourth-order valence-corrected chi connectivity index (χ4v) is 1.37. The lowest BCUT2D eigenvalue weighted by molar-refractivity contribution is 0.607. The highest BCUT2D eigenvalue weighted by Crippen LogP contribution is 2.03. The van der Waals surface area contributed by atoms with Crippen molar-refractivity contribution >= 4 is 5.69 Å². The van der Waals surface area contributed by atoms with Crippen molar-refractivity contribution < 1.29 is 0 Å². The summed E-state index contributed by atoms with van der Waals surface area (Å²) < 4.78 is 3.52. The zero-order valence-corrected chi connectivity index (χ0v) is 8.88. The van der Waals surface area contributed by atoms with Crippen LogP contribution in [0.2, 0.25) is 0 Å². The summed E-state index contributed by atoms with van der Waals surface area (Å²) in [4.78, 5) is 4.38. The molecular formula is C9H14N6. The molecule has 0 aliphatic rings. The lowest BCUT2D eigenvalue weighted by Crippen LogP contribution is -2.07. The van der Waals surface area contributed by atoms with Crippen LogP contribution in [-0.2, 0) is 20.0 Å². The van der Waals surface area contributed by atoms with Crippen molar-refractivity contribution in [3.05, 3.63) is 24.0 Å². The minimum Gasteiger partial charge on any atom is -0.396 e. The number of aryl methyl sites for hydroxylation is 2. The van der Waals surface area contributed by atoms with Crippen molar-refractivity contribution in [3.8, 4) is 0 Å². The largest absolute Gasteiger partial charge is 0.396 e. The van der Waals surface area contributed by atoms with E-state index in [1.807, 2.05) is 14.0 Å². The molecule has 0 aliphatic carbocycles. The van der Waals surface area contributed by atoms with Crippen LogP contribution in [0.15, 0.2) is 12.4 Å². The van der Waals surface area contributed by atoms with Gasteiger partial charge in [0.15, 0.2) is 5.82 Å². The zero-order valence-electron chi connectivity index (χ0n) is 8.88. The Hall–Kier alpha value is -1.85. The molecule has 2 aromatic rings. The van der Waals surface area contributed by atoms with Gasteiger partial charge in [0.25, 0.3) is 0 Å². The summed E-state index contributed by atoms with van der Waals surface area (Å²) in [6.07, 6.45) is 4.24. The Morgan fingerprint density at radius 1 is 1.47 bits per heavy atom. The standard InChI is InChI=1S/C9H14N6/c1-3-8-12-9(14(2)13-8)6-15-5-7(10)4-11-15/h4-5H,3,6,10H2,1-2H3. The van der Waals surface area contributed by atoms with Gasteiger partial charge in [-0.15, -0.1) is 0 Å². The second kappa shape index (κ2) is 3.72. The highest BCUT2D eigenvalue weighted by atomic mass is 15.4. The van der Waals surface area contributed by atoms with E-state index in [4.69, 9.17) is 5.73 Å². The Kier molecular flexibility index (Phi) is 2.40. The molecule has 0 atom stereocenters. The normalized spacial score (nSPS) is 10.8. The summed E-state index contributed by atoms with van der Waals surface area (Å²) in [5.41, 5.74) is 6.24. The number of aromatic nitrogens is 5. The number of nitrogens with zero attached hydrogens (tertiary/aromatic N) is 5. The molecule has 0 saturated carbocycles. The van der Waals surface area contributed by atoms with E-state index >= 15 is 0 Å². The number of anilines is 1. The van der Waals surface area contributed by atoms with Gasteiger partial charge in [-0.2, -0.15) is 10.2 Å². The summed E-state index contributed by atoms with van der Waals surface area (Å²) in [5.74, 6) is 1.74. The molecule has 0 fully saturated rings. The van der Waals surface area contributed by atoms with Crippen LogP contribution in [-0.4, -0.2) is 24.5 Å². The molecule has 0 bridgehead atoms. The Morgan fingerprint density at radius 2 is 2.27 bits per heavy atom. The third-order valence-corrected chi connectivity index (χ3v) is 2.17. The van der Waals surface area contributed by atoms with Crippen LogP contribution in [0.5, 0.6) is 0 Å². The van der Waals surface area contributed by atoms with Crippen molar-refractivity contribution in [2.75, 3.05) is 5.73 Å². The minimum atomic E-state index is 0.598. The summed E-state index contributed by atoms with van der Waals surface area (Å²) >= 11 is 0. The number of nitrogens with two attached hydrogens (primary N) is 1. The van der Waals surface area contributed by atoms with Gasteiger partial charge in [0.1, 0.15) is 12.4 Å². The maximum absolute atomic E-state index is 5.58. The van der Waals surface area contributed by atoms with Crippen molar-refractivity contribution in [2.24, 2.45) is 7.05 Å². The van der Waals surface area contributed by atoms with E-state index in [-0.39, 0.29) is 0 Å². The topological polar surface area (TPSA) is 74.6 Å². The van der Waals surface area contributed by atoms with Crippen molar-refractivity contribution in [3.63, 3.8) is 0 Å². The Bertz CT molecular complexity index is 455. The van der Waals surface area contributed by atoms with Crippen molar-refractivity contribution in [2.45, 2.75) is 19.9 Å². The number of hydrogen-bond acceptors (Lipinski definition) is 4. The van der Waals surface area contributed by atoms with E-state index in [1.54, 1.807) is 21.8 Å². The third kappa shape index (κ3) is 1.98. The highest BCUT2D eigenvalue weighted by Gasteiger charge is 2.06. The first-order chi connectivity index (χ1) is 7.19.